The fourth-order valence-corrected chi connectivity index (χ4v) is 18.6. The van der Waals surface area contributed by atoms with Crippen molar-refractivity contribution in [1.82, 2.24) is 75.4 Å². The quantitative estimate of drug-likeness (QED) is 0.0175. The molecule has 0 radical (unpaired) electrons. The number of carboxylic acid groups (broad SMARTS) is 1. The van der Waals surface area contributed by atoms with E-state index < -0.39 is 59.9 Å². The van der Waals surface area contributed by atoms with E-state index in [1.165, 1.54) is 28.4 Å². The number of imidazole rings is 4. The van der Waals surface area contributed by atoms with E-state index in [1.54, 1.807) is 14.7 Å². The molecule has 700 valence electrons. The molecular weight excluding hydrogens is 1700 g/mol. The summed E-state index contributed by atoms with van der Waals surface area (Å²) in [5, 5.41) is 21.6. The summed E-state index contributed by atoms with van der Waals surface area (Å²) in [5.74, 6) is 0.474. The van der Waals surface area contributed by atoms with Gasteiger partial charge in [0.05, 0.1) is 113 Å². The van der Waals surface area contributed by atoms with Crippen LogP contribution in [0.3, 0.4) is 0 Å². The van der Waals surface area contributed by atoms with Gasteiger partial charge in [-0.15, -0.1) is 0 Å². The zero-order chi connectivity index (χ0) is 94.9. The fourth-order valence-electron chi connectivity index (χ4n) is 18.6. The minimum absolute atomic E-state index is 0.00617. The number of hydrogen-bond acceptors (Lipinski definition) is 18. The first-order valence-corrected chi connectivity index (χ1v) is 46.1. The molecule has 7 amide bonds. The number of carbonyl (C=O) groups is 9. The van der Waals surface area contributed by atoms with Crippen LogP contribution in [0.1, 0.15) is 203 Å². The van der Waals surface area contributed by atoms with Crippen LogP contribution in [0.25, 0.3) is 88.8 Å². The maximum atomic E-state index is 13.9. The van der Waals surface area contributed by atoms with Gasteiger partial charge in [-0.25, -0.2) is 39.1 Å². The third kappa shape index (κ3) is 22.5. The minimum atomic E-state index is -0.913. The maximum absolute atomic E-state index is 13.9. The van der Waals surface area contributed by atoms with Crippen molar-refractivity contribution in [2.24, 2.45) is 17.8 Å². The van der Waals surface area contributed by atoms with Crippen LogP contribution < -0.4 is 16.0 Å². The van der Waals surface area contributed by atoms with E-state index in [4.69, 9.17) is 39.0 Å². The van der Waals surface area contributed by atoms with Gasteiger partial charge in [0, 0.05) is 37.3 Å². The van der Waals surface area contributed by atoms with Crippen LogP contribution in [0.15, 0.2) is 207 Å². The predicted molar refractivity (Wildman–Crippen MR) is 510 cm³/mol. The first-order valence-electron chi connectivity index (χ1n) is 46.1. The van der Waals surface area contributed by atoms with Crippen LogP contribution >= 0.6 is 0 Å². The molecule has 4 aromatic heterocycles. The van der Waals surface area contributed by atoms with E-state index in [1.807, 2.05) is 139 Å². The van der Waals surface area contributed by atoms with Crippen molar-refractivity contribution in [1.29, 1.82) is 0 Å². The largest absolute Gasteiger partial charge is 0.481 e. The molecule has 30 nitrogen and oxygen atoms in total. The molecule has 8 atom stereocenters. The highest BCUT2D eigenvalue weighted by molar-refractivity contribution is 5.94. The Hall–Kier alpha value is -14.5. The second-order valence-electron chi connectivity index (χ2n) is 35.3. The number of ether oxygens (including phenoxy) is 5. The smallest absolute Gasteiger partial charge is 0.410 e. The zero-order valence-corrected chi connectivity index (χ0v) is 77.7. The lowest BCUT2D eigenvalue weighted by Gasteiger charge is -2.31. The number of likely N-dealkylation sites (tertiary alicyclic amines) is 4. The standard InChI is InChI=1S/C49H54N8O6.C45H47N7O5.C10H18O4/c1-5-30(6-2)42(54-48(60)62-3)46(58)56-24-10-15-41(56)45-51-29-39(53-45)37-23-22-35-26-34(20-21-36(35)27-37)31-16-18-32(19-17-31)38-28-50-44(52-38)40-14-11-25-57(40)47(59)43(55-49(61)63-4)33-12-8-7-9-13-33;1-45(2,3)57-44(55)52-23-9-13-38(52)41-47-27-36(49-41)34-21-20-32-24-31(18-19-33(32)25-34)28-14-16-29(17-15-28)35-26-46-40(48-35)37-12-8-22-51(37)42(53)39(50-43(54)56-4)30-10-6-5-7-11-30;1-4-7(5-2)8(10(12)13)6-9(11)14-3/h7-9,12-13,16-23,26-30,40-43H,5-6,10-11,14-15,24-25H2,1-4H3,(H,50,52)(H,51,53)(H,54,60)(H,55,61);5-7,10-11,14-21,24-27,37-39H,8-9,12-13,22-23H2,1-4H3,(H,46,48)(H,47,49)(H,50,54);7-8H,4-6H2,1-3H3,(H,12,13)/t40-,41-,42-,43+;37-,38-,39+;8-/m000/s1. The van der Waals surface area contributed by atoms with Crippen molar-refractivity contribution in [3.63, 3.8) is 0 Å². The van der Waals surface area contributed by atoms with Gasteiger partial charge in [-0.2, -0.15) is 0 Å². The van der Waals surface area contributed by atoms with Gasteiger partial charge in [-0.1, -0.05) is 211 Å². The summed E-state index contributed by atoms with van der Waals surface area (Å²) in [6.07, 6.45) is 14.6. The monoisotopic (exact) mass is 1820 g/mol. The van der Waals surface area contributed by atoms with E-state index in [9.17, 15) is 43.2 Å². The number of methoxy groups -OCH3 is 4. The average molecular weight is 1820 g/mol. The number of carboxylic acids is 1. The maximum Gasteiger partial charge on any atom is 0.410 e. The summed E-state index contributed by atoms with van der Waals surface area (Å²) in [7, 11) is 5.15. The lowest BCUT2D eigenvalue weighted by Crippen LogP contribution is -2.52. The van der Waals surface area contributed by atoms with E-state index in [0.717, 1.165) is 178 Å². The molecule has 4 aliphatic rings. The van der Waals surface area contributed by atoms with Gasteiger partial charge in [-0.3, -0.25) is 28.9 Å². The second-order valence-corrected chi connectivity index (χ2v) is 35.3. The number of fused-ring (bicyclic) bond motifs is 2. The van der Waals surface area contributed by atoms with Crippen molar-refractivity contribution < 1.29 is 71.9 Å². The highest BCUT2D eigenvalue weighted by Crippen LogP contribution is 2.41. The Balaban J connectivity index is 0.000000189. The number of amides is 7. The van der Waals surface area contributed by atoms with Crippen LogP contribution in [0.4, 0.5) is 19.2 Å². The van der Waals surface area contributed by atoms with Gasteiger partial charge in [0.1, 0.15) is 47.0 Å². The third-order valence-corrected chi connectivity index (χ3v) is 25.9. The summed E-state index contributed by atoms with van der Waals surface area (Å²) in [5.41, 5.74) is 12.6. The first-order chi connectivity index (χ1) is 64.8. The highest BCUT2D eigenvalue weighted by Gasteiger charge is 2.43. The fraction of sp³-hybridized carbons (Fsp3) is 0.375. The molecule has 4 saturated heterocycles. The van der Waals surface area contributed by atoms with Gasteiger partial charge in [-0.05, 0) is 174 Å². The number of aliphatic carboxylic acids is 1. The Morgan fingerprint density at radius 1 is 0.388 bits per heavy atom. The summed E-state index contributed by atoms with van der Waals surface area (Å²) in [6, 6.07) is 57.5. The number of rotatable bonds is 27. The molecule has 0 saturated carbocycles. The molecule has 134 heavy (non-hydrogen) atoms. The Labute approximate surface area is 779 Å². The Kier molecular flexibility index (Phi) is 31.2. The molecule has 4 fully saturated rings. The van der Waals surface area contributed by atoms with Gasteiger partial charge in [0.2, 0.25) is 5.91 Å². The molecule has 4 aliphatic heterocycles. The van der Waals surface area contributed by atoms with Gasteiger partial charge < -0.3 is 79.4 Å². The number of hydrogen-bond donors (Lipinski definition) is 8. The molecule has 8 N–H and O–H groups in total. The molecule has 12 aromatic rings. The van der Waals surface area contributed by atoms with Crippen molar-refractivity contribution >= 4 is 75.6 Å². The number of aromatic nitrogens is 8. The molecule has 30 heteroatoms. The van der Waals surface area contributed by atoms with E-state index >= 15 is 0 Å². The number of nitrogens with zero attached hydrogens (tertiary/aromatic N) is 8. The van der Waals surface area contributed by atoms with Crippen molar-refractivity contribution in [3.05, 3.63) is 241 Å². The Morgan fingerprint density at radius 3 is 1.04 bits per heavy atom. The molecule has 0 aliphatic carbocycles. The van der Waals surface area contributed by atoms with E-state index in [2.05, 4.69) is 167 Å². The average Bonchev–Trinajstić information content (AvgIpc) is 1.56. The van der Waals surface area contributed by atoms with Crippen LogP contribution in [-0.2, 0) is 47.7 Å². The molecule has 8 heterocycles. The van der Waals surface area contributed by atoms with E-state index in [0.29, 0.717) is 49.0 Å². The summed E-state index contributed by atoms with van der Waals surface area (Å²) in [6.45, 7) is 15.9. The van der Waals surface area contributed by atoms with Crippen LogP contribution in [0.2, 0.25) is 0 Å². The normalized spacial score (nSPS) is 16.8. The van der Waals surface area contributed by atoms with Crippen molar-refractivity contribution in [2.75, 3.05) is 54.6 Å². The SMILES string of the molecule is CCC(CC)[C@H](CC(=O)OC)C(=O)O.CCC(CC)[C@H](NC(=O)OC)C(=O)N1CCC[C@H]1c1ncc(-c2ccc3cc(-c4ccc(-c5cnc([C@@H]6CCCN6C(=O)[C@H](NC(=O)OC)c6ccccc6)[nH]5)cc4)ccc3c2)[nH]1.COC(=O)N[C@@H](C(=O)N1CCC[C@H]1c1ncc(-c2ccc(-c3ccc4cc(-c5cnc([C@@H]6CCCN6C(=O)OC(C)(C)C)[nH]5)ccc4c3)cc2)[nH]1)c1ccccc1. The summed E-state index contributed by atoms with van der Waals surface area (Å²) < 4.78 is 24.7. The van der Waals surface area contributed by atoms with Gasteiger partial charge >= 0.3 is 36.3 Å². The number of benzene rings is 8. The molecule has 0 spiro atoms. The lowest BCUT2D eigenvalue weighted by molar-refractivity contribution is -0.151. The number of nitrogens with one attached hydrogen (secondary N) is 7. The third-order valence-electron chi connectivity index (χ3n) is 25.9. The van der Waals surface area contributed by atoms with Crippen LogP contribution in [0, 0.1) is 17.8 Å². The number of esters is 1. The van der Waals surface area contributed by atoms with Crippen molar-refractivity contribution in [2.45, 2.75) is 180 Å². The molecule has 16 rings (SSSR count). The first kappa shape index (κ1) is 95.6. The highest BCUT2D eigenvalue weighted by atomic mass is 16.6. The molecular formula is C104H119N15O15. The van der Waals surface area contributed by atoms with Crippen LogP contribution in [0.5, 0.6) is 0 Å². The molecule has 0 bridgehead atoms. The van der Waals surface area contributed by atoms with Gasteiger partial charge in [0.15, 0.2) is 0 Å². The van der Waals surface area contributed by atoms with Crippen molar-refractivity contribution in [3.8, 4) is 67.3 Å². The Morgan fingerprint density at radius 2 is 0.701 bits per heavy atom. The number of aromatic amines is 4. The topological polar surface area (TPSA) is 384 Å². The number of alkyl carbamates (subject to hydrolysis) is 3. The second kappa shape index (κ2) is 43.7. The Bertz CT molecular complexity index is 6100. The molecule has 8 aromatic carbocycles. The minimum Gasteiger partial charge on any atom is -0.481 e. The molecule has 0 unspecified atom stereocenters. The summed E-state index contributed by atoms with van der Waals surface area (Å²) >= 11 is 0. The lowest BCUT2D eigenvalue weighted by atomic mass is 9.85. The number of carbonyl (C=O) groups excluding carboxylic acids is 8. The van der Waals surface area contributed by atoms with Gasteiger partial charge in [0.25, 0.3) is 11.8 Å². The summed E-state index contributed by atoms with van der Waals surface area (Å²) in [4.78, 5) is 153. The van der Waals surface area contributed by atoms with Crippen LogP contribution in [-0.4, -0.2) is 185 Å². The zero-order valence-electron chi connectivity index (χ0n) is 77.7. The predicted octanol–water partition coefficient (Wildman–Crippen LogP) is 19.7. The number of H-pyrrole nitrogens is 4. The van der Waals surface area contributed by atoms with E-state index in [-0.39, 0.29) is 66.2 Å².